The molecule has 92 valence electrons. The summed E-state index contributed by atoms with van der Waals surface area (Å²) in [5.41, 5.74) is 0.00804. The highest BCUT2D eigenvalue weighted by Crippen LogP contribution is 2.18. The van der Waals surface area contributed by atoms with Gasteiger partial charge in [-0.2, -0.15) is 0 Å². The molecule has 0 spiro atoms. The van der Waals surface area contributed by atoms with Gasteiger partial charge in [0, 0.05) is 4.47 Å². The van der Waals surface area contributed by atoms with E-state index in [9.17, 15) is 9.59 Å². The first kappa shape index (κ1) is 13.7. The molecule has 17 heavy (non-hydrogen) atoms. The van der Waals surface area contributed by atoms with Gasteiger partial charge in [0.2, 0.25) is 0 Å². The lowest BCUT2D eigenvalue weighted by Crippen LogP contribution is -2.17. The van der Waals surface area contributed by atoms with Crippen molar-refractivity contribution in [2.45, 2.75) is 26.4 Å². The smallest absolute Gasteiger partial charge is 0.339 e. The third-order valence-corrected chi connectivity index (χ3v) is 2.81. The summed E-state index contributed by atoms with van der Waals surface area (Å²) < 4.78 is 5.71. The molecular weight excluding hydrogens is 288 g/mol. The molecule has 0 bridgehead atoms. The summed E-state index contributed by atoms with van der Waals surface area (Å²) in [4.78, 5) is 22.8. The molecule has 4 nitrogen and oxygen atoms in total. The Kier molecular flexibility index (Phi) is 4.69. The Hall–Kier alpha value is -1.36. The summed E-state index contributed by atoms with van der Waals surface area (Å²) in [6.07, 6.45) is 0.456. The van der Waals surface area contributed by atoms with E-state index in [1.165, 1.54) is 12.1 Å². The van der Waals surface area contributed by atoms with E-state index in [1.807, 2.05) is 6.92 Å². The molecule has 0 aliphatic carbocycles. The van der Waals surface area contributed by atoms with Gasteiger partial charge in [-0.1, -0.05) is 22.9 Å². The van der Waals surface area contributed by atoms with Crippen LogP contribution in [0.15, 0.2) is 22.7 Å². The summed E-state index contributed by atoms with van der Waals surface area (Å²) in [5, 5.41) is 9.00. The van der Waals surface area contributed by atoms with Crippen LogP contribution < -0.4 is 0 Å². The van der Waals surface area contributed by atoms with Crippen molar-refractivity contribution in [3.63, 3.8) is 0 Å². The Bertz CT molecular complexity index is 442. The van der Waals surface area contributed by atoms with Gasteiger partial charge < -0.3 is 9.84 Å². The maximum absolute atomic E-state index is 11.7. The number of hydrogen-bond donors (Lipinski definition) is 1. The van der Waals surface area contributed by atoms with Crippen LogP contribution in [0.3, 0.4) is 0 Å². The average Bonchev–Trinajstić information content (AvgIpc) is 2.28. The van der Waals surface area contributed by atoms with Crippen molar-refractivity contribution in [2.75, 3.05) is 0 Å². The number of carbonyl (C=O) groups excluding carboxylic acids is 1. The van der Waals surface area contributed by atoms with Gasteiger partial charge in [-0.05, 0) is 31.5 Å². The van der Waals surface area contributed by atoms with Crippen LogP contribution in [-0.4, -0.2) is 23.1 Å². The molecular formula is C12H13BrO4. The van der Waals surface area contributed by atoms with Gasteiger partial charge in [-0.15, -0.1) is 0 Å². The lowest BCUT2D eigenvalue weighted by molar-refractivity contribution is 0.0328. The normalized spacial score (nSPS) is 11.9. The summed E-state index contributed by atoms with van der Waals surface area (Å²) >= 11 is 3.16. The van der Waals surface area contributed by atoms with E-state index in [1.54, 1.807) is 13.0 Å². The van der Waals surface area contributed by atoms with E-state index in [4.69, 9.17) is 9.84 Å². The summed E-state index contributed by atoms with van der Waals surface area (Å²) in [6.45, 7) is 3.65. The summed E-state index contributed by atoms with van der Waals surface area (Å²) in [7, 11) is 0. The molecule has 0 amide bonds. The van der Waals surface area contributed by atoms with Gasteiger partial charge in [-0.25, -0.2) is 9.59 Å². The van der Waals surface area contributed by atoms with Crippen molar-refractivity contribution in [1.29, 1.82) is 0 Å². The van der Waals surface area contributed by atoms with E-state index in [0.29, 0.717) is 10.9 Å². The molecule has 0 saturated heterocycles. The van der Waals surface area contributed by atoms with Gasteiger partial charge >= 0.3 is 11.9 Å². The number of esters is 1. The first-order valence-electron chi connectivity index (χ1n) is 5.19. The maximum Gasteiger partial charge on any atom is 0.339 e. The van der Waals surface area contributed by atoms with Crippen LogP contribution in [0.4, 0.5) is 0 Å². The summed E-state index contributed by atoms with van der Waals surface area (Å²) in [6, 6.07) is 4.44. The number of ether oxygens (including phenoxy) is 1. The Balaban J connectivity index is 3.04. The van der Waals surface area contributed by atoms with Gasteiger partial charge in [0.15, 0.2) is 0 Å². The Morgan fingerprint density at radius 3 is 2.59 bits per heavy atom. The molecule has 0 aromatic heterocycles. The quantitative estimate of drug-likeness (QED) is 0.868. The molecule has 0 fully saturated rings. The van der Waals surface area contributed by atoms with Gasteiger partial charge in [0.1, 0.15) is 0 Å². The second-order valence-electron chi connectivity index (χ2n) is 3.62. The van der Waals surface area contributed by atoms with E-state index in [2.05, 4.69) is 15.9 Å². The number of carboxylic acids is 1. The van der Waals surface area contributed by atoms with Crippen LogP contribution >= 0.6 is 15.9 Å². The first-order chi connectivity index (χ1) is 7.95. The molecule has 1 atom stereocenters. The molecule has 1 aromatic rings. The minimum Gasteiger partial charge on any atom is -0.478 e. The van der Waals surface area contributed by atoms with Crippen molar-refractivity contribution in [3.8, 4) is 0 Å². The molecule has 0 aliphatic heterocycles. The number of aromatic carboxylic acids is 1. The van der Waals surface area contributed by atoms with Gasteiger partial charge in [0.25, 0.3) is 0 Å². The Labute approximate surface area is 108 Å². The largest absolute Gasteiger partial charge is 0.478 e. The number of rotatable bonds is 4. The van der Waals surface area contributed by atoms with E-state index >= 15 is 0 Å². The molecule has 1 aromatic carbocycles. The molecule has 1 rings (SSSR count). The van der Waals surface area contributed by atoms with Crippen LogP contribution in [0.2, 0.25) is 0 Å². The lowest BCUT2D eigenvalue weighted by Gasteiger charge is -2.12. The zero-order valence-corrected chi connectivity index (χ0v) is 11.2. The zero-order valence-electron chi connectivity index (χ0n) is 9.57. The average molecular weight is 301 g/mol. The van der Waals surface area contributed by atoms with Crippen molar-refractivity contribution in [2.24, 2.45) is 0 Å². The van der Waals surface area contributed by atoms with Crippen molar-refractivity contribution >= 4 is 27.9 Å². The third kappa shape index (κ3) is 3.56. The van der Waals surface area contributed by atoms with Crippen molar-refractivity contribution in [1.82, 2.24) is 0 Å². The lowest BCUT2D eigenvalue weighted by atomic mass is 10.1. The minimum absolute atomic E-state index is 0.0623. The van der Waals surface area contributed by atoms with Crippen molar-refractivity contribution < 1.29 is 19.4 Å². The van der Waals surface area contributed by atoms with Gasteiger partial charge in [0.05, 0.1) is 17.2 Å². The molecule has 0 saturated carbocycles. The predicted molar refractivity (Wildman–Crippen MR) is 66.3 cm³/mol. The monoisotopic (exact) mass is 300 g/mol. The topological polar surface area (TPSA) is 63.6 Å². The maximum atomic E-state index is 11.7. The Morgan fingerprint density at radius 1 is 1.41 bits per heavy atom. The van der Waals surface area contributed by atoms with E-state index in [0.717, 1.165) is 0 Å². The van der Waals surface area contributed by atoms with Crippen LogP contribution in [0.1, 0.15) is 41.0 Å². The number of carboxylic acid groups (broad SMARTS) is 1. The third-order valence-electron chi connectivity index (χ3n) is 2.32. The van der Waals surface area contributed by atoms with E-state index < -0.39 is 11.9 Å². The highest BCUT2D eigenvalue weighted by atomic mass is 79.9. The fraction of sp³-hybridized carbons (Fsp3) is 0.333. The van der Waals surface area contributed by atoms with Crippen LogP contribution in [0.25, 0.3) is 0 Å². The highest BCUT2D eigenvalue weighted by molar-refractivity contribution is 9.10. The highest BCUT2D eigenvalue weighted by Gasteiger charge is 2.19. The van der Waals surface area contributed by atoms with Crippen molar-refractivity contribution in [3.05, 3.63) is 33.8 Å². The SMILES string of the molecule is CCC(C)OC(=O)c1ccc(Br)cc1C(=O)O. The first-order valence-corrected chi connectivity index (χ1v) is 5.98. The molecule has 0 radical (unpaired) electrons. The molecule has 1 N–H and O–H groups in total. The van der Waals surface area contributed by atoms with Crippen LogP contribution in [-0.2, 0) is 4.74 Å². The van der Waals surface area contributed by atoms with Crippen LogP contribution in [0.5, 0.6) is 0 Å². The zero-order chi connectivity index (χ0) is 13.0. The minimum atomic E-state index is -1.15. The molecule has 5 heteroatoms. The fourth-order valence-electron chi connectivity index (χ4n) is 1.20. The number of carbonyl (C=O) groups is 2. The second-order valence-corrected chi connectivity index (χ2v) is 4.53. The molecule has 0 aliphatic rings. The number of hydrogen-bond acceptors (Lipinski definition) is 3. The summed E-state index contributed by atoms with van der Waals surface area (Å²) in [5.74, 6) is -1.76. The van der Waals surface area contributed by atoms with Gasteiger partial charge in [-0.3, -0.25) is 0 Å². The Morgan fingerprint density at radius 2 is 2.06 bits per heavy atom. The predicted octanol–water partition coefficient (Wildman–Crippen LogP) is 3.10. The molecule has 0 heterocycles. The van der Waals surface area contributed by atoms with Crippen LogP contribution in [0, 0.1) is 0 Å². The fourth-order valence-corrected chi connectivity index (χ4v) is 1.56. The number of benzene rings is 1. The second kappa shape index (κ2) is 5.82. The van der Waals surface area contributed by atoms with E-state index in [-0.39, 0.29) is 17.2 Å². The number of halogens is 1. The molecule has 1 unspecified atom stereocenters. The standard InChI is InChI=1S/C12H13BrO4/c1-3-7(2)17-12(16)9-5-4-8(13)6-10(9)11(14)15/h4-7H,3H2,1-2H3,(H,14,15).